The molecule has 1 amide bonds. The van der Waals surface area contributed by atoms with Gasteiger partial charge in [-0.25, -0.2) is 0 Å². The summed E-state index contributed by atoms with van der Waals surface area (Å²) >= 11 is 10.0. The van der Waals surface area contributed by atoms with Crippen molar-refractivity contribution in [2.75, 3.05) is 23.6 Å². The maximum Gasteiger partial charge on any atom is 0.255 e. The first-order valence-electron chi connectivity index (χ1n) is 7.44. The summed E-state index contributed by atoms with van der Waals surface area (Å²) in [6.07, 6.45) is 0. The molecule has 2 aromatic carbocycles. The van der Waals surface area contributed by atoms with Gasteiger partial charge in [0.2, 0.25) is 6.79 Å². The lowest BCUT2D eigenvalue weighted by molar-refractivity contribution is 0.102. The first kappa shape index (κ1) is 16.0. The Balaban J connectivity index is 1.54. The van der Waals surface area contributed by atoms with E-state index >= 15 is 0 Å². The van der Waals surface area contributed by atoms with E-state index in [1.165, 1.54) is 17.1 Å². The molecule has 2 aromatic rings. The lowest BCUT2D eigenvalue weighted by Gasteiger charge is -2.11. The van der Waals surface area contributed by atoms with Gasteiger partial charge in [-0.2, -0.15) is 0 Å². The van der Waals surface area contributed by atoms with E-state index in [0.717, 1.165) is 5.69 Å². The Bertz CT molecular complexity index is 793. The van der Waals surface area contributed by atoms with Crippen LogP contribution in [-0.2, 0) is 0 Å². The average molecular weight is 380 g/mol. The fraction of sp³-hybridized carbons (Fsp3) is 0.235. The summed E-state index contributed by atoms with van der Waals surface area (Å²) in [6, 6.07) is 11.2. The summed E-state index contributed by atoms with van der Waals surface area (Å²) in [6.45, 7) is 0.124. The van der Waals surface area contributed by atoms with Gasteiger partial charge >= 0.3 is 0 Å². The van der Waals surface area contributed by atoms with Crippen LogP contribution in [0, 0.1) is 0 Å². The number of hydrogen-bond donors (Lipinski definition) is 1. The topological polar surface area (TPSA) is 47.6 Å². The molecule has 24 heavy (non-hydrogen) atoms. The molecule has 7 heteroatoms. The third-order valence-corrected chi connectivity index (χ3v) is 7.11. The zero-order valence-corrected chi connectivity index (χ0v) is 15.0. The molecule has 124 valence electrons. The van der Waals surface area contributed by atoms with Gasteiger partial charge in [0.1, 0.15) is 0 Å². The molecule has 1 fully saturated rings. The summed E-state index contributed by atoms with van der Waals surface area (Å²) in [5, 5.41) is 3.31. The van der Waals surface area contributed by atoms with Gasteiger partial charge in [0.25, 0.3) is 5.91 Å². The summed E-state index contributed by atoms with van der Waals surface area (Å²) in [5.41, 5.74) is 2.45. The van der Waals surface area contributed by atoms with E-state index in [1.54, 1.807) is 12.1 Å². The summed E-state index contributed by atoms with van der Waals surface area (Å²) in [5.74, 6) is 3.10. The second-order valence-electron chi connectivity index (χ2n) is 5.34. The van der Waals surface area contributed by atoms with Crippen molar-refractivity contribution in [2.24, 2.45) is 0 Å². The smallest absolute Gasteiger partial charge is 0.255 e. The van der Waals surface area contributed by atoms with E-state index in [4.69, 9.17) is 21.1 Å². The van der Waals surface area contributed by atoms with Crippen molar-refractivity contribution in [2.45, 2.75) is 4.58 Å². The maximum atomic E-state index is 12.5. The average Bonchev–Trinajstić information content (AvgIpc) is 3.26. The van der Waals surface area contributed by atoms with E-state index < -0.39 is 0 Å². The number of hydrogen-bond acceptors (Lipinski definition) is 5. The van der Waals surface area contributed by atoms with E-state index in [-0.39, 0.29) is 12.7 Å². The molecule has 2 aliphatic heterocycles. The second kappa shape index (κ2) is 6.78. The molecule has 0 bridgehead atoms. The molecular formula is C17H14ClNO3S2. The minimum Gasteiger partial charge on any atom is -0.454 e. The maximum absolute atomic E-state index is 12.5. The SMILES string of the molecule is O=C(Nc1cccc(C2SCCS2)c1)c1cc(Cl)c2c(c1)OCO2. The molecule has 2 aliphatic rings. The van der Waals surface area contributed by atoms with Gasteiger partial charge in [0.05, 0.1) is 9.60 Å². The Morgan fingerprint density at radius 2 is 2.00 bits per heavy atom. The number of amides is 1. The molecular weight excluding hydrogens is 366 g/mol. The van der Waals surface area contributed by atoms with Gasteiger partial charge < -0.3 is 14.8 Å². The van der Waals surface area contributed by atoms with Crippen LogP contribution in [-0.4, -0.2) is 24.2 Å². The largest absolute Gasteiger partial charge is 0.454 e. The molecule has 0 aromatic heterocycles. The molecule has 2 heterocycles. The van der Waals surface area contributed by atoms with Crippen LogP contribution in [0.25, 0.3) is 0 Å². The number of ether oxygens (including phenoxy) is 2. The number of rotatable bonds is 3. The summed E-state index contributed by atoms with van der Waals surface area (Å²) in [4.78, 5) is 12.5. The molecule has 0 radical (unpaired) electrons. The Morgan fingerprint density at radius 1 is 1.17 bits per heavy atom. The van der Waals surface area contributed by atoms with E-state index in [0.29, 0.717) is 26.7 Å². The van der Waals surface area contributed by atoms with Crippen molar-refractivity contribution < 1.29 is 14.3 Å². The number of halogens is 1. The molecule has 0 atom stereocenters. The Labute approximate surface area is 153 Å². The molecule has 4 nitrogen and oxygen atoms in total. The van der Waals surface area contributed by atoms with Gasteiger partial charge in [-0.15, -0.1) is 23.5 Å². The van der Waals surface area contributed by atoms with Crippen LogP contribution in [0.1, 0.15) is 20.5 Å². The standard InChI is InChI=1S/C17H14ClNO3S2/c18-13-7-11(8-14-15(13)22-9-21-14)16(20)19-12-3-1-2-10(6-12)17-23-4-5-24-17/h1-3,6-8,17H,4-5,9H2,(H,19,20). The van der Waals surface area contributed by atoms with Gasteiger partial charge in [-0.3, -0.25) is 4.79 Å². The van der Waals surface area contributed by atoms with Crippen molar-refractivity contribution in [1.29, 1.82) is 0 Å². The number of anilines is 1. The van der Waals surface area contributed by atoms with E-state index in [2.05, 4.69) is 11.4 Å². The lowest BCUT2D eigenvalue weighted by Crippen LogP contribution is -2.12. The van der Waals surface area contributed by atoms with Crippen LogP contribution in [0.15, 0.2) is 36.4 Å². The minimum atomic E-state index is -0.223. The number of nitrogens with one attached hydrogen (secondary N) is 1. The third-order valence-electron chi connectivity index (χ3n) is 3.73. The van der Waals surface area contributed by atoms with Crippen LogP contribution in [0.2, 0.25) is 5.02 Å². The van der Waals surface area contributed by atoms with Gasteiger partial charge in [0.15, 0.2) is 11.5 Å². The van der Waals surface area contributed by atoms with Crippen molar-refractivity contribution in [1.82, 2.24) is 0 Å². The third kappa shape index (κ3) is 3.18. The van der Waals surface area contributed by atoms with Gasteiger partial charge in [-0.05, 0) is 29.8 Å². The van der Waals surface area contributed by atoms with Gasteiger partial charge in [-0.1, -0.05) is 23.7 Å². The fourth-order valence-electron chi connectivity index (χ4n) is 2.62. The fourth-order valence-corrected chi connectivity index (χ4v) is 5.72. The highest BCUT2D eigenvalue weighted by molar-refractivity contribution is 8.19. The molecule has 4 rings (SSSR count). The van der Waals surface area contributed by atoms with Crippen molar-refractivity contribution in [3.8, 4) is 11.5 Å². The highest BCUT2D eigenvalue weighted by atomic mass is 35.5. The number of fused-ring (bicyclic) bond motifs is 1. The summed E-state index contributed by atoms with van der Waals surface area (Å²) in [7, 11) is 0. The van der Waals surface area contributed by atoms with Crippen molar-refractivity contribution in [3.63, 3.8) is 0 Å². The number of carbonyl (C=O) groups is 1. The number of benzene rings is 2. The molecule has 1 saturated heterocycles. The van der Waals surface area contributed by atoms with Crippen LogP contribution < -0.4 is 14.8 Å². The first-order chi connectivity index (χ1) is 11.7. The quantitative estimate of drug-likeness (QED) is 0.830. The van der Waals surface area contributed by atoms with Crippen molar-refractivity contribution >= 4 is 46.7 Å². The normalized spacial score (nSPS) is 16.4. The van der Waals surface area contributed by atoms with E-state index in [1.807, 2.05) is 41.7 Å². The zero-order chi connectivity index (χ0) is 16.5. The van der Waals surface area contributed by atoms with Crippen molar-refractivity contribution in [3.05, 3.63) is 52.5 Å². The van der Waals surface area contributed by atoms with Crippen LogP contribution in [0.3, 0.4) is 0 Å². The summed E-state index contributed by atoms with van der Waals surface area (Å²) < 4.78 is 11.0. The Hall–Kier alpha value is -1.50. The number of thioether (sulfide) groups is 2. The predicted octanol–water partition coefficient (Wildman–Crippen LogP) is 4.80. The monoisotopic (exact) mass is 379 g/mol. The molecule has 0 unspecified atom stereocenters. The Kier molecular flexibility index (Phi) is 4.52. The van der Waals surface area contributed by atoms with Gasteiger partial charge in [0, 0.05) is 22.8 Å². The van der Waals surface area contributed by atoms with E-state index in [9.17, 15) is 4.79 Å². The molecule has 0 spiro atoms. The van der Waals surface area contributed by atoms with Crippen LogP contribution >= 0.6 is 35.1 Å². The van der Waals surface area contributed by atoms with Crippen LogP contribution in [0.4, 0.5) is 5.69 Å². The highest BCUT2D eigenvalue weighted by Crippen LogP contribution is 2.45. The number of carbonyl (C=O) groups excluding carboxylic acids is 1. The lowest BCUT2D eigenvalue weighted by atomic mass is 10.1. The molecule has 0 aliphatic carbocycles. The minimum absolute atomic E-state index is 0.124. The zero-order valence-electron chi connectivity index (χ0n) is 12.6. The highest BCUT2D eigenvalue weighted by Gasteiger charge is 2.21. The first-order valence-corrected chi connectivity index (χ1v) is 9.92. The van der Waals surface area contributed by atoms with Crippen LogP contribution in [0.5, 0.6) is 11.5 Å². The Morgan fingerprint density at radius 3 is 2.83 bits per heavy atom. The molecule has 0 saturated carbocycles. The predicted molar refractivity (Wildman–Crippen MR) is 99.6 cm³/mol. The molecule has 1 N–H and O–H groups in total. The second-order valence-corrected chi connectivity index (χ2v) is 8.48.